The summed E-state index contributed by atoms with van der Waals surface area (Å²) in [6, 6.07) is 9.44. The van der Waals surface area contributed by atoms with Crippen LogP contribution in [0.2, 0.25) is 5.02 Å². The lowest BCUT2D eigenvalue weighted by molar-refractivity contribution is 0.0937. The number of amides is 1. The van der Waals surface area contributed by atoms with Crippen molar-refractivity contribution in [1.29, 1.82) is 0 Å². The van der Waals surface area contributed by atoms with Gasteiger partial charge in [-0.2, -0.15) is 10.1 Å². The minimum absolute atomic E-state index is 0.000669. The van der Waals surface area contributed by atoms with Gasteiger partial charge in [-0.25, -0.2) is 9.50 Å². The van der Waals surface area contributed by atoms with Crippen LogP contribution in [0, 0.1) is 0 Å². The van der Waals surface area contributed by atoms with Crippen LogP contribution in [0.5, 0.6) is 0 Å². The van der Waals surface area contributed by atoms with Gasteiger partial charge in [0.05, 0.1) is 11.2 Å². The number of nitrogens with zero attached hydrogens (tertiary/aromatic N) is 5. The zero-order chi connectivity index (χ0) is 20.6. The Hall–Kier alpha value is -3.26. The number of carbonyl (C=O) groups excluding carboxylic acids is 1. The average molecular weight is 411 g/mol. The van der Waals surface area contributed by atoms with Crippen molar-refractivity contribution in [2.45, 2.75) is 32.7 Å². The fraction of sp³-hybridized carbons (Fsp3) is 0.250. The lowest BCUT2D eigenvalue weighted by Crippen LogP contribution is -2.24. The van der Waals surface area contributed by atoms with Gasteiger partial charge in [0.15, 0.2) is 0 Å². The van der Waals surface area contributed by atoms with Crippen molar-refractivity contribution in [2.75, 3.05) is 0 Å². The van der Waals surface area contributed by atoms with Crippen LogP contribution in [0.3, 0.4) is 0 Å². The fourth-order valence-corrected chi connectivity index (χ4v) is 3.05. The summed E-state index contributed by atoms with van der Waals surface area (Å²) in [7, 11) is 0. The molecule has 4 rings (SSSR count). The zero-order valence-electron chi connectivity index (χ0n) is 16.2. The van der Waals surface area contributed by atoms with E-state index in [9.17, 15) is 4.79 Å². The van der Waals surface area contributed by atoms with Crippen LogP contribution in [0.4, 0.5) is 0 Å². The van der Waals surface area contributed by atoms with Gasteiger partial charge >= 0.3 is 0 Å². The highest BCUT2D eigenvalue weighted by molar-refractivity contribution is 6.31. The van der Waals surface area contributed by atoms with Crippen molar-refractivity contribution in [1.82, 2.24) is 30.1 Å². The third-order valence-corrected chi connectivity index (χ3v) is 4.72. The van der Waals surface area contributed by atoms with E-state index in [0.29, 0.717) is 10.9 Å². The molecule has 3 heterocycles. The number of benzene rings is 1. The summed E-state index contributed by atoms with van der Waals surface area (Å²) in [6.07, 6.45) is 3.36. The standard InChI is InChI=1S/C20H19ClN6O2/c1-20(2,3)19-25-17(26-29-19)18(28)22-10-13-7-6-12(9-14(13)21)16-15-5-4-8-27(15)24-11-23-16/h4-9,11H,10H2,1-3H3,(H,22,28). The molecule has 1 N–H and O–H groups in total. The summed E-state index contributed by atoms with van der Waals surface area (Å²) in [6.45, 7) is 6.04. The maximum Gasteiger partial charge on any atom is 0.292 e. The first-order valence-corrected chi connectivity index (χ1v) is 9.40. The number of halogens is 1. The Morgan fingerprint density at radius 1 is 1.28 bits per heavy atom. The molecule has 0 radical (unpaired) electrons. The van der Waals surface area contributed by atoms with E-state index in [4.69, 9.17) is 16.1 Å². The third-order valence-electron chi connectivity index (χ3n) is 4.37. The van der Waals surface area contributed by atoms with Gasteiger partial charge in [0, 0.05) is 28.7 Å². The normalized spacial score (nSPS) is 11.7. The maximum atomic E-state index is 12.3. The molecule has 0 aliphatic carbocycles. The highest BCUT2D eigenvalue weighted by Gasteiger charge is 2.24. The molecule has 3 aromatic heterocycles. The molecule has 148 valence electrons. The third kappa shape index (κ3) is 3.84. The largest absolute Gasteiger partial charge is 0.345 e. The smallest absolute Gasteiger partial charge is 0.292 e. The van der Waals surface area contributed by atoms with Gasteiger partial charge in [0.2, 0.25) is 5.89 Å². The first-order valence-electron chi connectivity index (χ1n) is 9.02. The van der Waals surface area contributed by atoms with E-state index >= 15 is 0 Å². The number of aromatic nitrogens is 5. The lowest BCUT2D eigenvalue weighted by atomic mass is 9.97. The number of hydrogen-bond acceptors (Lipinski definition) is 6. The second-order valence-corrected chi connectivity index (χ2v) is 8.02. The van der Waals surface area contributed by atoms with Crippen LogP contribution in [-0.4, -0.2) is 30.6 Å². The van der Waals surface area contributed by atoms with Crippen molar-refractivity contribution in [3.63, 3.8) is 0 Å². The van der Waals surface area contributed by atoms with E-state index in [1.807, 2.05) is 57.3 Å². The second kappa shape index (κ2) is 7.29. The van der Waals surface area contributed by atoms with Crippen LogP contribution in [0.25, 0.3) is 16.8 Å². The van der Waals surface area contributed by atoms with E-state index in [1.54, 1.807) is 4.52 Å². The molecular formula is C20H19ClN6O2. The summed E-state index contributed by atoms with van der Waals surface area (Å²) in [5, 5.41) is 11.2. The predicted molar refractivity (Wildman–Crippen MR) is 108 cm³/mol. The number of hydrogen-bond donors (Lipinski definition) is 1. The Morgan fingerprint density at radius 3 is 2.83 bits per heavy atom. The Morgan fingerprint density at radius 2 is 2.10 bits per heavy atom. The molecule has 0 spiro atoms. The molecule has 0 unspecified atom stereocenters. The van der Waals surface area contributed by atoms with Crippen molar-refractivity contribution in [3.05, 3.63) is 65.2 Å². The summed E-state index contributed by atoms with van der Waals surface area (Å²) >= 11 is 6.45. The van der Waals surface area contributed by atoms with Crippen molar-refractivity contribution < 1.29 is 9.32 Å². The Bertz CT molecular complexity index is 1190. The summed E-state index contributed by atoms with van der Waals surface area (Å²) in [5.74, 6) is -0.0130. The Balaban J connectivity index is 1.50. The molecule has 8 nitrogen and oxygen atoms in total. The summed E-state index contributed by atoms with van der Waals surface area (Å²) < 4.78 is 6.91. The molecule has 1 aromatic carbocycles. The van der Waals surface area contributed by atoms with Gasteiger partial charge < -0.3 is 9.84 Å². The van der Waals surface area contributed by atoms with Crippen LogP contribution < -0.4 is 5.32 Å². The lowest BCUT2D eigenvalue weighted by Gasteiger charge is -2.10. The number of carbonyl (C=O) groups is 1. The molecular weight excluding hydrogens is 392 g/mol. The Labute approximate surface area is 171 Å². The first-order chi connectivity index (χ1) is 13.8. The SMILES string of the molecule is CC(C)(C)c1nc(C(=O)NCc2ccc(-c3ncnn4cccc34)cc2Cl)no1. The fourth-order valence-electron chi connectivity index (χ4n) is 2.80. The predicted octanol–water partition coefficient (Wildman–Crippen LogP) is 3.66. The average Bonchev–Trinajstić information content (AvgIpc) is 3.35. The van der Waals surface area contributed by atoms with Crippen LogP contribution >= 0.6 is 11.6 Å². The van der Waals surface area contributed by atoms with E-state index in [0.717, 1.165) is 22.3 Å². The molecule has 9 heteroatoms. The van der Waals surface area contributed by atoms with Gasteiger partial charge in [0.1, 0.15) is 6.33 Å². The van der Waals surface area contributed by atoms with E-state index in [1.165, 1.54) is 6.33 Å². The van der Waals surface area contributed by atoms with Crippen LogP contribution in [0.1, 0.15) is 42.8 Å². The molecule has 0 fully saturated rings. The molecule has 29 heavy (non-hydrogen) atoms. The quantitative estimate of drug-likeness (QED) is 0.551. The number of nitrogens with one attached hydrogen (secondary N) is 1. The van der Waals surface area contributed by atoms with Gasteiger partial charge in [-0.3, -0.25) is 4.79 Å². The molecule has 0 atom stereocenters. The van der Waals surface area contributed by atoms with Crippen molar-refractivity contribution in [3.8, 4) is 11.3 Å². The van der Waals surface area contributed by atoms with Gasteiger partial charge in [-0.05, 0) is 23.8 Å². The van der Waals surface area contributed by atoms with Crippen molar-refractivity contribution >= 4 is 23.0 Å². The van der Waals surface area contributed by atoms with Gasteiger partial charge in [-0.1, -0.05) is 49.7 Å². The highest BCUT2D eigenvalue weighted by Crippen LogP contribution is 2.27. The molecule has 1 amide bonds. The van der Waals surface area contributed by atoms with E-state index < -0.39 is 5.91 Å². The van der Waals surface area contributed by atoms with E-state index in [-0.39, 0.29) is 17.8 Å². The summed E-state index contributed by atoms with van der Waals surface area (Å²) in [5.41, 5.74) is 2.98. The monoisotopic (exact) mass is 410 g/mol. The molecule has 0 bridgehead atoms. The second-order valence-electron chi connectivity index (χ2n) is 7.61. The maximum absolute atomic E-state index is 12.3. The molecule has 0 saturated carbocycles. The number of rotatable bonds is 4. The van der Waals surface area contributed by atoms with Crippen LogP contribution in [0.15, 0.2) is 47.4 Å². The minimum atomic E-state index is -0.421. The van der Waals surface area contributed by atoms with Gasteiger partial charge in [-0.15, -0.1) is 0 Å². The highest BCUT2D eigenvalue weighted by atomic mass is 35.5. The molecule has 4 aromatic rings. The van der Waals surface area contributed by atoms with Gasteiger partial charge in [0.25, 0.3) is 11.7 Å². The van der Waals surface area contributed by atoms with E-state index in [2.05, 4.69) is 25.5 Å². The first kappa shape index (κ1) is 19.1. The van der Waals surface area contributed by atoms with Crippen LogP contribution in [-0.2, 0) is 12.0 Å². The summed E-state index contributed by atoms with van der Waals surface area (Å²) in [4.78, 5) is 20.8. The molecule has 0 saturated heterocycles. The van der Waals surface area contributed by atoms with Crippen molar-refractivity contribution in [2.24, 2.45) is 0 Å². The Kier molecular flexibility index (Phi) is 4.79. The topological polar surface area (TPSA) is 98.2 Å². The molecule has 0 aliphatic rings. The molecule has 0 aliphatic heterocycles. The minimum Gasteiger partial charge on any atom is -0.345 e. The number of fused-ring (bicyclic) bond motifs is 1. The zero-order valence-corrected chi connectivity index (χ0v) is 16.9.